The van der Waals surface area contributed by atoms with Gasteiger partial charge in [0.1, 0.15) is 18.4 Å². The highest BCUT2D eigenvalue weighted by Crippen LogP contribution is 2.34. The van der Waals surface area contributed by atoms with Crippen molar-refractivity contribution in [2.24, 2.45) is 0 Å². The lowest BCUT2D eigenvalue weighted by molar-refractivity contribution is -0.120. The zero-order valence-electron chi connectivity index (χ0n) is 16.0. The van der Waals surface area contributed by atoms with Crippen molar-refractivity contribution in [1.29, 1.82) is 0 Å². The molecule has 2 aromatic heterocycles. The fraction of sp³-hybridized carbons (Fsp3) is 0.143. The first-order valence-corrected chi connectivity index (χ1v) is 9.89. The normalized spacial score (nSPS) is 15.4. The summed E-state index contributed by atoms with van der Waals surface area (Å²) in [4.78, 5) is 33.4. The summed E-state index contributed by atoms with van der Waals surface area (Å²) in [5.74, 6) is 0.891. The average Bonchev–Trinajstić information content (AvgIpc) is 3.11. The van der Waals surface area contributed by atoms with Gasteiger partial charge in [-0.2, -0.15) is 0 Å². The van der Waals surface area contributed by atoms with Crippen molar-refractivity contribution in [1.82, 2.24) is 20.6 Å². The molecule has 0 aliphatic carbocycles. The van der Waals surface area contributed by atoms with Gasteiger partial charge in [-0.15, -0.1) is 0 Å². The third kappa shape index (κ3) is 4.52. The van der Waals surface area contributed by atoms with E-state index in [2.05, 4.69) is 20.6 Å². The van der Waals surface area contributed by atoms with Crippen LogP contribution in [0.1, 0.15) is 17.2 Å². The Morgan fingerprint density at radius 2 is 1.93 bits per heavy atom. The minimum atomic E-state index is -0.742. The molecule has 1 unspecified atom stereocenters. The van der Waals surface area contributed by atoms with Gasteiger partial charge in [-0.1, -0.05) is 11.8 Å². The van der Waals surface area contributed by atoms with Crippen molar-refractivity contribution in [3.63, 3.8) is 0 Å². The van der Waals surface area contributed by atoms with Crippen LogP contribution in [0.25, 0.3) is 0 Å². The van der Waals surface area contributed by atoms with Crippen molar-refractivity contribution in [3.05, 3.63) is 72.2 Å². The average molecular weight is 422 g/mol. The van der Waals surface area contributed by atoms with Gasteiger partial charge in [-0.25, -0.2) is 9.78 Å². The Hall–Kier alpha value is -3.59. The summed E-state index contributed by atoms with van der Waals surface area (Å²) in [6.07, 6.45) is 4.93. The minimum absolute atomic E-state index is 0.383. The van der Waals surface area contributed by atoms with E-state index >= 15 is 0 Å². The lowest BCUT2D eigenvalue weighted by Gasteiger charge is -2.13. The molecule has 152 valence electrons. The van der Waals surface area contributed by atoms with E-state index < -0.39 is 12.1 Å². The number of rotatable bonds is 7. The van der Waals surface area contributed by atoms with Crippen LogP contribution in [0.2, 0.25) is 0 Å². The summed E-state index contributed by atoms with van der Waals surface area (Å²) in [7, 11) is 1.57. The van der Waals surface area contributed by atoms with E-state index in [-0.39, 0.29) is 5.91 Å². The van der Waals surface area contributed by atoms with Gasteiger partial charge in [-0.05, 0) is 42.0 Å². The Balaban J connectivity index is 1.43. The maximum absolute atomic E-state index is 12.0. The second-order valence-corrected chi connectivity index (χ2v) is 7.49. The number of carbonyl (C=O) groups is 2. The highest BCUT2D eigenvalue weighted by molar-refractivity contribution is 7.99. The first-order valence-electron chi connectivity index (χ1n) is 9.07. The Morgan fingerprint density at radius 3 is 2.67 bits per heavy atom. The summed E-state index contributed by atoms with van der Waals surface area (Å²) in [6.45, 7) is 0.399. The van der Waals surface area contributed by atoms with E-state index in [0.717, 1.165) is 21.1 Å². The number of amides is 3. The highest BCUT2D eigenvalue weighted by atomic mass is 32.2. The summed E-state index contributed by atoms with van der Waals surface area (Å²) < 4.78 is 10.9. The van der Waals surface area contributed by atoms with E-state index in [1.807, 2.05) is 42.5 Å². The van der Waals surface area contributed by atoms with Gasteiger partial charge in [0.25, 0.3) is 5.91 Å². The predicted molar refractivity (Wildman–Crippen MR) is 109 cm³/mol. The lowest BCUT2D eigenvalue weighted by Crippen LogP contribution is -2.22. The molecule has 0 radical (unpaired) electrons. The molecule has 2 N–H and O–H groups in total. The van der Waals surface area contributed by atoms with Crippen LogP contribution in [0.3, 0.4) is 0 Å². The molecule has 3 aromatic rings. The smallest absolute Gasteiger partial charge is 0.322 e. The molecular formula is C21H18N4O4S. The number of hydrogen-bond donors (Lipinski definition) is 2. The molecule has 1 saturated heterocycles. The molecule has 1 aromatic carbocycles. The second-order valence-electron chi connectivity index (χ2n) is 6.38. The van der Waals surface area contributed by atoms with E-state index in [9.17, 15) is 9.59 Å². The molecule has 8 nitrogen and oxygen atoms in total. The Kier molecular flexibility index (Phi) is 5.80. The molecule has 1 aliphatic rings. The van der Waals surface area contributed by atoms with Crippen LogP contribution in [0.4, 0.5) is 4.79 Å². The molecule has 1 fully saturated rings. The van der Waals surface area contributed by atoms with E-state index in [1.54, 1.807) is 25.7 Å². The van der Waals surface area contributed by atoms with E-state index in [1.165, 1.54) is 11.8 Å². The largest absolute Gasteiger partial charge is 0.489 e. The molecule has 1 atom stereocenters. The number of nitrogens with one attached hydrogen (secondary N) is 2. The molecule has 3 amide bonds. The maximum Gasteiger partial charge on any atom is 0.322 e. The van der Waals surface area contributed by atoms with Crippen LogP contribution in [-0.2, 0) is 11.4 Å². The van der Waals surface area contributed by atoms with Crippen molar-refractivity contribution >= 4 is 23.7 Å². The first-order chi connectivity index (χ1) is 14.6. The molecule has 3 heterocycles. The Labute approximate surface area is 177 Å². The number of aromatic nitrogens is 2. The fourth-order valence-electron chi connectivity index (χ4n) is 2.89. The number of hydrogen-bond acceptors (Lipinski definition) is 7. The van der Waals surface area contributed by atoms with Crippen LogP contribution >= 0.6 is 11.8 Å². The second kappa shape index (κ2) is 8.83. The number of benzene rings is 1. The van der Waals surface area contributed by atoms with Gasteiger partial charge in [0, 0.05) is 40.0 Å². The van der Waals surface area contributed by atoms with Crippen LogP contribution in [0.5, 0.6) is 11.6 Å². The molecular weight excluding hydrogens is 404 g/mol. The molecule has 1 aliphatic heterocycles. The third-order valence-corrected chi connectivity index (χ3v) is 5.46. The zero-order valence-corrected chi connectivity index (χ0v) is 16.8. The first kappa shape index (κ1) is 19.7. The monoisotopic (exact) mass is 422 g/mol. The van der Waals surface area contributed by atoms with E-state index in [0.29, 0.717) is 18.1 Å². The number of pyridine rings is 2. The van der Waals surface area contributed by atoms with Gasteiger partial charge in [-0.3, -0.25) is 15.1 Å². The van der Waals surface area contributed by atoms with E-state index in [4.69, 9.17) is 9.47 Å². The number of nitrogens with zero attached hydrogens (tertiary/aromatic N) is 2. The van der Waals surface area contributed by atoms with Crippen molar-refractivity contribution in [2.45, 2.75) is 22.4 Å². The van der Waals surface area contributed by atoms with Gasteiger partial charge < -0.3 is 14.8 Å². The Bertz CT molecular complexity index is 1070. The van der Waals surface area contributed by atoms with Crippen LogP contribution in [0.15, 0.2) is 70.8 Å². The summed E-state index contributed by atoms with van der Waals surface area (Å²) >= 11 is 1.48. The molecule has 0 spiro atoms. The standard InChI is InChI=1S/C21H18N4O4S/c1-28-18-10-13(6-9-23-18)12-29-14-2-4-15(5-3-14)30-17-7-8-22-11-16(17)19-20(26)25-21(27)24-19/h2-11,19H,12H2,1H3,(H2,24,25,26,27). The molecule has 0 saturated carbocycles. The lowest BCUT2D eigenvalue weighted by atomic mass is 10.1. The maximum atomic E-state index is 12.0. The van der Waals surface area contributed by atoms with Gasteiger partial charge in [0.2, 0.25) is 5.88 Å². The zero-order chi connectivity index (χ0) is 20.9. The quantitative estimate of drug-likeness (QED) is 0.564. The minimum Gasteiger partial charge on any atom is -0.489 e. The van der Waals surface area contributed by atoms with Crippen molar-refractivity contribution in [3.8, 4) is 11.6 Å². The summed E-state index contributed by atoms with van der Waals surface area (Å²) in [5.41, 5.74) is 1.61. The number of ether oxygens (including phenoxy) is 2. The van der Waals surface area contributed by atoms with Gasteiger partial charge in [0.15, 0.2) is 0 Å². The highest BCUT2D eigenvalue weighted by Gasteiger charge is 2.32. The summed E-state index contributed by atoms with van der Waals surface area (Å²) in [6, 6.07) is 11.9. The SMILES string of the molecule is COc1cc(COc2ccc(Sc3ccncc3C3NC(=O)NC3=O)cc2)ccn1. The van der Waals surface area contributed by atoms with Gasteiger partial charge in [0.05, 0.1) is 7.11 Å². The topological polar surface area (TPSA) is 102 Å². The third-order valence-electron chi connectivity index (χ3n) is 4.36. The number of methoxy groups -OCH3 is 1. The van der Waals surface area contributed by atoms with Crippen LogP contribution in [-0.4, -0.2) is 29.0 Å². The van der Waals surface area contributed by atoms with Crippen molar-refractivity contribution < 1.29 is 19.1 Å². The number of imide groups is 1. The van der Waals surface area contributed by atoms with Crippen molar-refractivity contribution in [2.75, 3.05) is 7.11 Å². The summed E-state index contributed by atoms with van der Waals surface area (Å²) in [5, 5.41) is 4.85. The fourth-order valence-corrected chi connectivity index (χ4v) is 3.83. The number of carbonyl (C=O) groups excluding carboxylic acids is 2. The molecule has 9 heteroatoms. The molecule has 0 bridgehead atoms. The predicted octanol–water partition coefficient (Wildman–Crippen LogP) is 3.10. The molecule has 30 heavy (non-hydrogen) atoms. The Morgan fingerprint density at radius 1 is 1.10 bits per heavy atom. The van der Waals surface area contributed by atoms with Crippen LogP contribution in [0, 0.1) is 0 Å². The van der Waals surface area contributed by atoms with Gasteiger partial charge >= 0.3 is 6.03 Å². The van der Waals surface area contributed by atoms with Crippen LogP contribution < -0.4 is 20.1 Å². The molecule has 4 rings (SSSR count). The number of urea groups is 1.